The fraction of sp³-hybridized carbons (Fsp3) is 0.938. The van der Waals surface area contributed by atoms with Crippen LogP contribution in [-0.4, -0.2) is 35.2 Å². The molecule has 3 heteroatoms. The third-order valence-corrected chi connectivity index (χ3v) is 5.66. The molecule has 3 nitrogen and oxygen atoms in total. The van der Waals surface area contributed by atoms with E-state index in [0.717, 1.165) is 38.0 Å². The van der Waals surface area contributed by atoms with Gasteiger partial charge in [-0.25, -0.2) is 0 Å². The van der Waals surface area contributed by atoms with Crippen molar-refractivity contribution in [3.63, 3.8) is 0 Å². The van der Waals surface area contributed by atoms with Crippen LogP contribution in [0, 0.1) is 22.7 Å². The van der Waals surface area contributed by atoms with E-state index in [2.05, 4.69) is 31.9 Å². The summed E-state index contributed by atoms with van der Waals surface area (Å²) in [5, 5.41) is 20.8. The molecule has 0 spiro atoms. The zero-order valence-corrected chi connectivity index (χ0v) is 12.7. The largest absolute Gasteiger partial charge is 0.387 e. The van der Waals surface area contributed by atoms with Gasteiger partial charge >= 0.3 is 0 Å². The van der Waals surface area contributed by atoms with Crippen LogP contribution >= 0.6 is 0 Å². The molecule has 2 unspecified atom stereocenters. The number of nitriles is 1. The lowest BCUT2D eigenvalue weighted by Gasteiger charge is -2.44. The molecule has 2 fully saturated rings. The number of aliphatic hydroxyl groups is 1. The smallest absolute Gasteiger partial charge is 0.0974 e. The quantitative estimate of drug-likeness (QED) is 0.852. The number of likely N-dealkylation sites (N-methyl/N-ethyl adjacent to an activating group) is 1. The fourth-order valence-corrected chi connectivity index (χ4v) is 4.17. The molecule has 0 aromatic carbocycles. The minimum absolute atomic E-state index is 0.378. The molecule has 2 aliphatic rings. The van der Waals surface area contributed by atoms with Crippen LogP contribution in [0.1, 0.15) is 58.8 Å². The molecule has 0 radical (unpaired) electrons. The second-order valence-corrected chi connectivity index (χ2v) is 6.93. The molecule has 1 aliphatic heterocycles. The van der Waals surface area contributed by atoms with Crippen molar-refractivity contribution in [3.05, 3.63) is 0 Å². The Hall–Kier alpha value is -0.590. The Morgan fingerprint density at radius 1 is 1.37 bits per heavy atom. The Morgan fingerprint density at radius 3 is 2.42 bits per heavy atom. The van der Waals surface area contributed by atoms with Crippen molar-refractivity contribution in [3.8, 4) is 6.07 Å². The molecule has 2 rings (SSSR count). The van der Waals surface area contributed by atoms with Crippen molar-refractivity contribution < 1.29 is 5.11 Å². The topological polar surface area (TPSA) is 47.3 Å². The standard InChI is InChI=1S/C16H28N2O/c1-4-5-14-6-8-15(11-17,9-7-14)16(19)10-13(2)18(3)12-16/h13-14,19H,4-10,12H2,1-3H3. The summed E-state index contributed by atoms with van der Waals surface area (Å²) in [6, 6.07) is 2.91. The highest BCUT2D eigenvalue weighted by Crippen LogP contribution is 2.51. The summed E-state index contributed by atoms with van der Waals surface area (Å²) in [6.07, 6.45) is 7.24. The minimum atomic E-state index is -0.799. The number of β-amino-alcohol motifs (C(OH)–C–C–N with tert-alkyl or cyclic N) is 1. The third kappa shape index (κ3) is 2.53. The Morgan fingerprint density at radius 2 is 2.00 bits per heavy atom. The lowest BCUT2D eigenvalue weighted by atomic mass is 9.61. The first-order chi connectivity index (χ1) is 8.96. The highest BCUT2D eigenvalue weighted by molar-refractivity contribution is 5.16. The number of likely N-dealkylation sites (tertiary alicyclic amines) is 1. The summed E-state index contributed by atoms with van der Waals surface area (Å²) in [4.78, 5) is 2.19. The summed E-state index contributed by atoms with van der Waals surface area (Å²) in [5.74, 6) is 0.770. The number of hydrogen-bond donors (Lipinski definition) is 1. The second-order valence-electron chi connectivity index (χ2n) is 6.93. The van der Waals surface area contributed by atoms with Crippen LogP contribution in [-0.2, 0) is 0 Å². The van der Waals surface area contributed by atoms with Gasteiger partial charge in [-0.2, -0.15) is 5.26 Å². The number of rotatable bonds is 3. The molecular formula is C16H28N2O. The predicted molar refractivity (Wildman–Crippen MR) is 76.6 cm³/mol. The lowest BCUT2D eigenvalue weighted by molar-refractivity contribution is -0.0686. The van der Waals surface area contributed by atoms with Gasteiger partial charge in [-0.1, -0.05) is 19.8 Å². The molecule has 0 aromatic heterocycles. The first kappa shape index (κ1) is 14.8. The van der Waals surface area contributed by atoms with Crippen LogP contribution < -0.4 is 0 Å². The monoisotopic (exact) mass is 264 g/mol. The van der Waals surface area contributed by atoms with Crippen molar-refractivity contribution >= 4 is 0 Å². The van der Waals surface area contributed by atoms with Crippen molar-refractivity contribution in [2.24, 2.45) is 11.3 Å². The molecular weight excluding hydrogens is 236 g/mol. The van der Waals surface area contributed by atoms with E-state index in [1.54, 1.807) is 0 Å². The second kappa shape index (κ2) is 5.42. The Bertz CT molecular complexity index is 342. The Labute approximate surface area is 117 Å². The fourth-order valence-electron chi connectivity index (χ4n) is 4.17. The molecule has 0 amide bonds. The maximum Gasteiger partial charge on any atom is 0.0974 e. The molecule has 2 atom stereocenters. The van der Waals surface area contributed by atoms with Gasteiger partial charge in [0.05, 0.1) is 17.1 Å². The van der Waals surface area contributed by atoms with Gasteiger partial charge in [-0.05, 0) is 52.0 Å². The van der Waals surface area contributed by atoms with Crippen LogP contribution in [0.4, 0.5) is 0 Å². The van der Waals surface area contributed by atoms with Crippen molar-refractivity contribution in [2.75, 3.05) is 13.6 Å². The van der Waals surface area contributed by atoms with Crippen LogP contribution in [0.25, 0.3) is 0 Å². The van der Waals surface area contributed by atoms with Crippen molar-refractivity contribution in [1.29, 1.82) is 5.26 Å². The van der Waals surface area contributed by atoms with Crippen molar-refractivity contribution in [1.82, 2.24) is 4.90 Å². The SMILES string of the molecule is CCCC1CCC(C#N)(C2(O)CC(C)N(C)C2)CC1. The summed E-state index contributed by atoms with van der Waals surface area (Å²) in [7, 11) is 2.05. The van der Waals surface area contributed by atoms with E-state index < -0.39 is 11.0 Å². The zero-order valence-electron chi connectivity index (χ0n) is 12.7. The lowest BCUT2D eigenvalue weighted by Crippen LogP contribution is -2.51. The van der Waals surface area contributed by atoms with Gasteiger partial charge in [0.1, 0.15) is 0 Å². The Balaban J connectivity index is 2.11. The number of nitrogens with zero attached hydrogens (tertiary/aromatic N) is 2. The average molecular weight is 264 g/mol. The van der Waals surface area contributed by atoms with Gasteiger partial charge in [0, 0.05) is 12.6 Å². The van der Waals surface area contributed by atoms with E-state index in [1.165, 1.54) is 12.8 Å². The molecule has 0 bridgehead atoms. The van der Waals surface area contributed by atoms with Gasteiger partial charge in [0.25, 0.3) is 0 Å². The van der Waals surface area contributed by atoms with Gasteiger partial charge in [0.2, 0.25) is 0 Å². The predicted octanol–water partition coefficient (Wildman–Crippen LogP) is 2.94. The molecule has 108 valence electrons. The van der Waals surface area contributed by atoms with E-state index in [4.69, 9.17) is 0 Å². The molecule has 1 heterocycles. The van der Waals surface area contributed by atoms with Crippen LogP contribution in [0.2, 0.25) is 0 Å². The van der Waals surface area contributed by atoms with Gasteiger partial charge in [0.15, 0.2) is 0 Å². The summed E-state index contributed by atoms with van der Waals surface area (Å²) >= 11 is 0. The number of hydrogen-bond acceptors (Lipinski definition) is 3. The van der Waals surface area contributed by atoms with E-state index >= 15 is 0 Å². The molecule has 1 saturated heterocycles. The van der Waals surface area contributed by atoms with E-state index in [1.807, 2.05) is 0 Å². The van der Waals surface area contributed by atoms with Gasteiger partial charge in [-0.15, -0.1) is 0 Å². The van der Waals surface area contributed by atoms with Gasteiger partial charge in [-0.3, -0.25) is 0 Å². The average Bonchev–Trinajstić information content (AvgIpc) is 2.66. The van der Waals surface area contributed by atoms with Crippen LogP contribution in [0.5, 0.6) is 0 Å². The van der Waals surface area contributed by atoms with Crippen LogP contribution in [0.15, 0.2) is 0 Å². The highest BCUT2D eigenvalue weighted by atomic mass is 16.3. The summed E-state index contributed by atoms with van der Waals surface area (Å²) in [5.41, 5.74) is -1.30. The van der Waals surface area contributed by atoms with E-state index in [0.29, 0.717) is 12.6 Å². The van der Waals surface area contributed by atoms with E-state index in [9.17, 15) is 10.4 Å². The molecule has 1 N–H and O–H groups in total. The molecule has 1 saturated carbocycles. The summed E-state index contributed by atoms with van der Waals surface area (Å²) < 4.78 is 0. The minimum Gasteiger partial charge on any atom is -0.387 e. The third-order valence-electron chi connectivity index (χ3n) is 5.66. The maximum atomic E-state index is 11.1. The van der Waals surface area contributed by atoms with Gasteiger partial charge < -0.3 is 10.0 Å². The van der Waals surface area contributed by atoms with Crippen LogP contribution in [0.3, 0.4) is 0 Å². The van der Waals surface area contributed by atoms with E-state index in [-0.39, 0.29) is 0 Å². The first-order valence-electron chi connectivity index (χ1n) is 7.80. The molecule has 1 aliphatic carbocycles. The molecule has 0 aromatic rings. The highest BCUT2D eigenvalue weighted by Gasteiger charge is 2.56. The molecule has 19 heavy (non-hydrogen) atoms. The first-order valence-corrected chi connectivity index (χ1v) is 7.80. The Kier molecular flexibility index (Phi) is 4.23. The maximum absolute atomic E-state index is 11.1. The normalized spacial score (nSPS) is 44.2. The van der Waals surface area contributed by atoms with Crippen molar-refractivity contribution in [2.45, 2.75) is 70.4 Å². The summed E-state index contributed by atoms with van der Waals surface area (Å²) in [6.45, 7) is 5.03. The zero-order chi connectivity index (χ0) is 14.1.